The fourth-order valence-corrected chi connectivity index (χ4v) is 3.25. The zero-order valence-corrected chi connectivity index (χ0v) is 19.8. The van der Waals surface area contributed by atoms with Crippen molar-refractivity contribution in [3.05, 3.63) is 29.8 Å². The molecule has 34 heavy (non-hydrogen) atoms. The quantitative estimate of drug-likeness (QED) is 0.165. The van der Waals surface area contributed by atoms with E-state index in [9.17, 15) is 29.4 Å². The monoisotopic (exact) mass is 479 g/mol. The summed E-state index contributed by atoms with van der Waals surface area (Å²) in [7, 11) is 0. The molecule has 0 heterocycles. The maximum absolute atomic E-state index is 12.7. The molecule has 11 nitrogen and oxygen atoms in total. The number of aromatic hydroxyl groups is 1. The molecule has 0 aliphatic rings. The Hall–Kier alpha value is -3.18. The number of hydrogen-bond donors (Lipinski definition) is 7. The molecule has 0 fully saturated rings. The average molecular weight is 480 g/mol. The van der Waals surface area contributed by atoms with Crippen molar-refractivity contribution in [3.8, 4) is 5.75 Å². The van der Waals surface area contributed by atoms with Gasteiger partial charge in [-0.3, -0.25) is 14.4 Å². The molecule has 0 saturated carbocycles. The second-order valence-electron chi connectivity index (χ2n) is 8.63. The van der Waals surface area contributed by atoms with Gasteiger partial charge in [0.25, 0.3) is 0 Å². The molecule has 1 rings (SSSR count). The summed E-state index contributed by atoms with van der Waals surface area (Å²) >= 11 is 0. The third-order valence-electron chi connectivity index (χ3n) is 5.07. The van der Waals surface area contributed by atoms with Gasteiger partial charge in [0.1, 0.15) is 17.8 Å². The highest BCUT2D eigenvalue weighted by atomic mass is 16.4. The Balaban J connectivity index is 2.68. The van der Waals surface area contributed by atoms with Gasteiger partial charge in [-0.05, 0) is 62.3 Å². The Labute approximate surface area is 199 Å². The van der Waals surface area contributed by atoms with Gasteiger partial charge in [0, 0.05) is 0 Å². The third-order valence-corrected chi connectivity index (χ3v) is 5.07. The van der Waals surface area contributed by atoms with Crippen LogP contribution in [-0.2, 0) is 25.6 Å². The van der Waals surface area contributed by atoms with Crippen LogP contribution in [0, 0.1) is 5.92 Å². The Morgan fingerprint density at radius 1 is 0.971 bits per heavy atom. The molecule has 0 aromatic heterocycles. The Bertz CT molecular complexity index is 815. The summed E-state index contributed by atoms with van der Waals surface area (Å²) in [5.41, 5.74) is 12.2. The summed E-state index contributed by atoms with van der Waals surface area (Å²) in [5.74, 6) is -2.74. The molecule has 0 spiro atoms. The van der Waals surface area contributed by atoms with E-state index in [2.05, 4.69) is 16.0 Å². The number of nitrogens with two attached hydrogens (primary N) is 2. The van der Waals surface area contributed by atoms with Crippen molar-refractivity contribution in [2.24, 2.45) is 17.4 Å². The van der Waals surface area contributed by atoms with Crippen molar-refractivity contribution in [1.29, 1.82) is 0 Å². The second kappa shape index (κ2) is 14.9. The van der Waals surface area contributed by atoms with Gasteiger partial charge in [-0.25, -0.2) is 4.79 Å². The van der Waals surface area contributed by atoms with Gasteiger partial charge in [-0.1, -0.05) is 26.0 Å². The number of rotatable bonds is 15. The smallest absolute Gasteiger partial charge is 0.326 e. The molecule has 0 radical (unpaired) electrons. The van der Waals surface area contributed by atoms with Crippen LogP contribution in [-0.4, -0.2) is 65.1 Å². The molecule has 11 heteroatoms. The van der Waals surface area contributed by atoms with E-state index in [1.807, 2.05) is 13.8 Å². The summed E-state index contributed by atoms with van der Waals surface area (Å²) < 4.78 is 0. The highest BCUT2D eigenvalue weighted by Gasteiger charge is 2.25. The van der Waals surface area contributed by atoms with E-state index >= 15 is 0 Å². The minimum atomic E-state index is -1.15. The van der Waals surface area contributed by atoms with Crippen molar-refractivity contribution in [1.82, 2.24) is 16.0 Å². The fourth-order valence-electron chi connectivity index (χ4n) is 3.25. The van der Waals surface area contributed by atoms with E-state index < -0.39 is 48.4 Å². The van der Waals surface area contributed by atoms with Crippen LogP contribution >= 0.6 is 0 Å². The normalized spacial score (nSPS) is 13.6. The number of carboxylic acids is 1. The minimum absolute atomic E-state index is 0.0592. The first kappa shape index (κ1) is 28.9. The number of amides is 3. The van der Waals surface area contributed by atoms with Crippen LogP contribution in [0.2, 0.25) is 0 Å². The van der Waals surface area contributed by atoms with E-state index in [-0.39, 0.29) is 24.5 Å². The topological polar surface area (TPSA) is 197 Å². The molecule has 3 unspecified atom stereocenters. The lowest BCUT2D eigenvalue weighted by molar-refractivity contribution is -0.142. The number of carbonyl (C=O) groups is 4. The molecule has 1 aromatic carbocycles. The van der Waals surface area contributed by atoms with Gasteiger partial charge in [0.05, 0.1) is 12.6 Å². The van der Waals surface area contributed by atoms with Crippen molar-refractivity contribution >= 4 is 23.7 Å². The van der Waals surface area contributed by atoms with Crippen LogP contribution in [0.5, 0.6) is 5.75 Å². The van der Waals surface area contributed by atoms with Crippen molar-refractivity contribution in [2.75, 3.05) is 13.1 Å². The molecular weight excluding hydrogens is 442 g/mol. The van der Waals surface area contributed by atoms with Crippen molar-refractivity contribution in [2.45, 2.75) is 64.1 Å². The first-order chi connectivity index (χ1) is 16.0. The maximum Gasteiger partial charge on any atom is 0.326 e. The van der Waals surface area contributed by atoms with E-state index in [0.717, 1.165) is 5.56 Å². The lowest BCUT2D eigenvalue weighted by Crippen LogP contribution is -2.53. The highest BCUT2D eigenvalue weighted by Crippen LogP contribution is 2.11. The lowest BCUT2D eigenvalue weighted by atomic mass is 10.0. The molecule has 3 atom stereocenters. The molecule has 0 saturated heterocycles. The van der Waals surface area contributed by atoms with Crippen LogP contribution in [0.4, 0.5) is 0 Å². The molecule has 9 N–H and O–H groups in total. The van der Waals surface area contributed by atoms with Gasteiger partial charge in [0.2, 0.25) is 17.7 Å². The van der Waals surface area contributed by atoms with Gasteiger partial charge >= 0.3 is 5.97 Å². The molecule has 3 amide bonds. The highest BCUT2D eigenvalue weighted by molar-refractivity contribution is 5.92. The second-order valence-corrected chi connectivity index (χ2v) is 8.63. The summed E-state index contributed by atoms with van der Waals surface area (Å²) in [6.45, 7) is 3.68. The summed E-state index contributed by atoms with van der Waals surface area (Å²) in [6.07, 6.45) is 1.98. The summed E-state index contributed by atoms with van der Waals surface area (Å²) in [6, 6.07) is 3.37. The van der Waals surface area contributed by atoms with Gasteiger partial charge < -0.3 is 37.6 Å². The number of benzene rings is 1. The predicted molar refractivity (Wildman–Crippen MR) is 127 cm³/mol. The number of carboxylic acid groups (broad SMARTS) is 1. The van der Waals surface area contributed by atoms with Gasteiger partial charge in [-0.2, -0.15) is 0 Å². The number of aliphatic carboxylic acids is 1. The van der Waals surface area contributed by atoms with Crippen molar-refractivity contribution < 1.29 is 29.4 Å². The minimum Gasteiger partial charge on any atom is -0.508 e. The largest absolute Gasteiger partial charge is 0.508 e. The SMILES string of the molecule is CC(C)CC(NC(=O)CNC(=O)C(CCCCN)NC(=O)C(N)Cc1ccc(O)cc1)C(=O)O. The molecule has 1 aromatic rings. The van der Waals surface area contributed by atoms with Gasteiger partial charge in [-0.15, -0.1) is 0 Å². The average Bonchev–Trinajstić information content (AvgIpc) is 2.77. The summed E-state index contributed by atoms with van der Waals surface area (Å²) in [4.78, 5) is 48.7. The number of unbranched alkanes of at least 4 members (excludes halogenated alkanes) is 1. The van der Waals surface area contributed by atoms with E-state index in [0.29, 0.717) is 25.8 Å². The number of carbonyl (C=O) groups excluding carboxylic acids is 3. The molecule has 0 aliphatic heterocycles. The lowest BCUT2D eigenvalue weighted by Gasteiger charge is -2.21. The van der Waals surface area contributed by atoms with Crippen LogP contribution in [0.15, 0.2) is 24.3 Å². The van der Waals surface area contributed by atoms with E-state index in [1.54, 1.807) is 12.1 Å². The van der Waals surface area contributed by atoms with E-state index in [4.69, 9.17) is 11.5 Å². The molecule has 0 aliphatic carbocycles. The van der Waals surface area contributed by atoms with Crippen LogP contribution in [0.3, 0.4) is 0 Å². The van der Waals surface area contributed by atoms with Gasteiger partial charge in [0.15, 0.2) is 0 Å². The number of nitrogens with one attached hydrogen (secondary N) is 3. The Morgan fingerprint density at radius 3 is 2.18 bits per heavy atom. The Kier molecular flexibility index (Phi) is 12.6. The van der Waals surface area contributed by atoms with Crippen molar-refractivity contribution in [3.63, 3.8) is 0 Å². The maximum atomic E-state index is 12.7. The van der Waals surface area contributed by atoms with Crippen LogP contribution in [0.25, 0.3) is 0 Å². The first-order valence-corrected chi connectivity index (χ1v) is 11.4. The zero-order chi connectivity index (χ0) is 25.7. The molecular formula is C23H37N5O6. The zero-order valence-electron chi connectivity index (χ0n) is 19.8. The molecule has 0 bridgehead atoms. The standard InChI is InChI=1S/C23H37N5O6/c1-14(2)11-19(23(33)34)27-20(30)13-26-22(32)18(5-3-4-10-24)28-21(31)17(25)12-15-6-8-16(29)9-7-15/h6-9,14,17-19,29H,3-5,10-13,24-25H2,1-2H3,(H,26,32)(H,27,30)(H,28,31)(H,33,34). The summed E-state index contributed by atoms with van der Waals surface area (Å²) in [5, 5.41) is 26.1. The van der Waals surface area contributed by atoms with Crippen LogP contribution < -0.4 is 27.4 Å². The van der Waals surface area contributed by atoms with Crippen LogP contribution in [0.1, 0.15) is 45.1 Å². The third kappa shape index (κ3) is 11.1. The van der Waals surface area contributed by atoms with E-state index in [1.165, 1.54) is 12.1 Å². The fraction of sp³-hybridized carbons (Fsp3) is 0.565. The predicted octanol–water partition coefficient (Wildman–Crippen LogP) is -0.392. The number of phenolic OH excluding ortho intramolecular Hbond substituents is 1. The number of phenols is 1. The Morgan fingerprint density at radius 2 is 1.62 bits per heavy atom. The number of hydrogen-bond acceptors (Lipinski definition) is 7. The first-order valence-electron chi connectivity index (χ1n) is 11.4. The molecule has 190 valence electrons.